The lowest BCUT2D eigenvalue weighted by atomic mass is 9.86. The fourth-order valence-corrected chi connectivity index (χ4v) is 3.49. The number of halogens is 1. The Morgan fingerprint density at radius 1 is 0.931 bits per heavy atom. The molecule has 0 saturated carbocycles. The predicted molar refractivity (Wildman–Crippen MR) is 122 cm³/mol. The summed E-state index contributed by atoms with van der Waals surface area (Å²) in [7, 11) is 0. The van der Waals surface area contributed by atoms with Crippen LogP contribution in [0.2, 0.25) is 5.02 Å². The lowest BCUT2D eigenvalue weighted by Crippen LogP contribution is -2.11. The number of hydrogen-bond acceptors (Lipinski definition) is 3. The second-order valence-corrected chi connectivity index (χ2v) is 8.62. The molecule has 29 heavy (non-hydrogen) atoms. The van der Waals surface area contributed by atoms with Crippen molar-refractivity contribution in [1.29, 1.82) is 0 Å². The molecule has 0 fully saturated rings. The molecule has 3 aromatic carbocycles. The fraction of sp³-hybridized carbons (Fsp3) is 0.160. The molecule has 4 rings (SSSR count). The number of nitrogens with zero attached hydrogens (tertiary/aromatic N) is 1. The van der Waals surface area contributed by atoms with E-state index in [-0.39, 0.29) is 11.2 Å². The number of hydrogen-bond donors (Lipinski definition) is 2. The summed E-state index contributed by atoms with van der Waals surface area (Å²) >= 11 is 6.19. The summed E-state index contributed by atoms with van der Waals surface area (Å²) in [5.74, 6) is 0.162. The van der Waals surface area contributed by atoms with Gasteiger partial charge in [-0.3, -0.25) is 0 Å². The van der Waals surface area contributed by atoms with Crippen LogP contribution in [0.1, 0.15) is 37.5 Å². The number of anilines is 1. The number of fused-ring (bicyclic) bond motifs is 1. The van der Waals surface area contributed by atoms with Crippen LogP contribution >= 0.6 is 11.6 Å². The number of aliphatic imine (C=N–C) groups is 1. The first-order valence-electron chi connectivity index (χ1n) is 9.57. The molecule has 146 valence electrons. The van der Waals surface area contributed by atoms with Crippen LogP contribution in [-0.2, 0) is 5.41 Å². The van der Waals surface area contributed by atoms with Crippen molar-refractivity contribution >= 4 is 34.4 Å². The third kappa shape index (κ3) is 4.06. The molecule has 0 saturated heterocycles. The highest BCUT2D eigenvalue weighted by molar-refractivity contribution is 6.31. The van der Waals surface area contributed by atoms with Crippen LogP contribution in [0.5, 0.6) is 5.75 Å². The minimum atomic E-state index is 0.0888. The Morgan fingerprint density at radius 3 is 2.38 bits per heavy atom. The van der Waals surface area contributed by atoms with Gasteiger partial charge in [-0.15, -0.1) is 0 Å². The van der Waals surface area contributed by atoms with Gasteiger partial charge in [-0.25, -0.2) is 4.99 Å². The first-order valence-corrected chi connectivity index (χ1v) is 9.95. The van der Waals surface area contributed by atoms with Crippen molar-refractivity contribution < 1.29 is 5.11 Å². The number of aromatic hydroxyl groups is 1. The average molecular weight is 403 g/mol. The topological polar surface area (TPSA) is 44.6 Å². The highest BCUT2D eigenvalue weighted by atomic mass is 35.5. The van der Waals surface area contributed by atoms with E-state index in [4.69, 9.17) is 16.6 Å². The molecule has 0 radical (unpaired) electrons. The number of rotatable bonds is 2. The van der Waals surface area contributed by atoms with Gasteiger partial charge in [0.2, 0.25) is 0 Å². The van der Waals surface area contributed by atoms with Crippen molar-refractivity contribution in [2.24, 2.45) is 4.99 Å². The van der Waals surface area contributed by atoms with E-state index in [0.29, 0.717) is 10.6 Å². The zero-order chi connectivity index (χ0) is 20.6. The Hall–Kier alpha value is -3.04. The summed E-state index contributed by atoms with van der Waals surface area (Å²) < 4.78 is 0. The molecule has 0 aromatic heterocycles. The van der Waals surface area contributed by atoms with Gasteiger partial charge in [0.1, 0.15) is 5.75 Å². The molecule has 3 aromatic rings. The van der Waals surface area contributed by atoms with Gasteiger partial charge in [0.05, 0.1) is 22.8 Å². The van der Waals surface area contributed by atoms with E-state index in [0.717, 1.165) is 28.3 Å². The third-order valence-corrected chi connectivity index (χ3v) is 5.23. The van der Waals surface area contributed by atoms with E-state index < -0.39 is 0 Å². The molecule has 1 aliphatic rings. The highest BCUT2D eigenvalue weighted by Gasteiger charge is 2.17. The van der Waals surface area contributed by atoms with E-state index in [9.17, 15) is 5.11 Å². The first-order chi connectivity index (χ1) is 13.8. The van der Waals surface area contributed by atoms with Gasteiger partial charge in [-0.2, -0.15) is 0 Å². The second-order valence-electron chi connectivity index (χ2n) is 8.19. The molecule has 0 atom stereocenters. The summed E-state index contributed by atoms with van der Waals surface area (Å²) in [6, 6.07) is 21.4. The van der Waals surface area contributed by atoms with Crippen LogP contribution in [0.4, 0.5) is 11.4 Å². The van der Waals surface area contributed by atoms with Crippen LogP contribution in [0.25, 0.3) is 5.70 Å². The van der Waals surface area contributed by atoms with Crippen LogP contribution in [-0.4, -0.2) is 10.8 Å². The van der Waals surface area contributed by atoms with Crippen LogP contribution in [0.3, 0.4) is 0 Å². The molecule has 1 heterocycles. The van der Waals surface area contributed by atoms with Crippen molar-refractivity contribution in [3.8, 4) is 5.75 Å². The van der Waals surface area contributed by atoms with Gasteiger partial charge in [-0.1, -0.05) is 68.8 Å². The average Bonchev–Trinajstić information content (AvgIpc) is 2.89. The minimum absolute atomic E-state index is 0.0888. The molecule has 0 spiro atoms. The smallest absolute Gasteiger partial charge is 0.124 e. The monoisotopic (exact) mass is 402 g/mol. The van der Waals surface area contributed by atoms with Crippen molar-refractivity contribution in [3.63, 3.8) is 0 Å². The molecule has 2 N–H and O–H groups in total. The highest BCUT2D eigenvalue weighted by Crippen LogP contribution is 2.35. The van der Waals surface area contributed by atoms with Gasteiger partial charge in [0, 0.05) is 16.1 Å². The Kier molecular flexibility index (Phi) is 4.93. The fourth-order valence-electron chi connectivity index (χ4n) is 3.31. The maximum absolute atomic E-state index is 10.4. The zero-order valence-electron chi connectivity index (χ0n) is 16.7. The molecular formula is C25H23ClN2O. The Morgan fingerprint density at radius 2 is 1.66 bits per heavy atom. The molecule has 1 aliphatic heterocycles. The standard InChI is InChI=1S/C25H23ClN2O/c1-25(2,3)17-10-8-16(9-11-17)22-15-23(19-14-18(26)12-13-24(19)29)28-21-7-5-4-6-20(21)27-22/h4-15,28-29H,1-3H3. The summed E-state index contributed by atoms with van der Waals surface area (Å²) in [5.41, 5.74) is 6.28. The van der Waals surface area contributed by atoms with Crippen LogP contribution in [0, 0.1) is 0 Å². The number of phenolic OH excluding ortho intramolecular Hbond substituents is 1. The summed E-state index contributed by atoms with van der Waals surface area (Å²) in [6.07, 6.45) is 1.96. The van der Waals surface area contributed by atoms with E-state index in [2.05, 4.69) is 50.4 Å². The summed E-state index contributed by atoms with van der Waals surface area (Å²) in [6.45, 7) is 6.60. The van der Waals surface area contributed by atoms with E-state index >= 15 is 0 Å². The van der Waals surface area contributed by atoms with Gasteiger partial charge in [-0.05, 0) is 47.4 Å². The SMILES string of the molecule is CC(C)(C)c1ccc(C2=Nc3ccccc3NC(c3cc(Cl)ccc3O)=C2)cc1. The second kappa shape index (κ2) is 7.41. The van der Waals surface area contributed by atoms with Gasteiger partial charge in [0.25, 0.3) is 0 Å². The van der Waals surface area contributed by atoms with E-state index in [1.54, 1.807) is 18.2 Å². The van der Waals surface area contributed by atoms with Gasteiger partial charge < -0.3 is 10.4 Å². The van der Waals surface area contributed by atoms with Crippen molar-refractivity contribution in [2.75, 3.05) is 5.32 Å². The molecular weight excluding hydrogens is 380 g/mol. The van der Waals surface area contributed by atoms with Gasteiger partial charge in [0.15, 0.2) is 0 Å². The van der Waals surface area contributed by atoms with Gasteiger partial charge >= 0.3 is 0 Å². The predicted octanol–water partition coefficient (Wildman–Crippen LogP) is 6.93. The first kappa shape index (κ1) is 19.3. The summed E-state index contributed by atoms with van der Waals surface area (Å²) in [5, 5.41) is 14.4. The molecule has 3 nitrogen and oxygen atoms in total. The van der Waals surface area contributed by atoms with Crippen molar-refractivity contribution in [1.82, 2.24) is 0 Å². The number of para-hydroxylation sites is 2. The minimum Gasteiger partial charge on any atom is -0.507 e. The van der Waals surface area contributed by atoms with Crippen LogP contribution < -0.4 is 5.32 Å². The number of allylic oxidation sites excluding steroid dienone is 1. The molecule has 0 amide bonds. The van der Waals surface area contributed by atoms with Crippen molar-refractivity contribution in [2.45, 2.75) is 26.2 Å². The van der Waals surface area contributed by atoms with Crippen LogP contribution in [0.15, 0.2) is 77.8 Å². The normalized spacial score (nSPS) is 13.7. The zero-order valence-corrected chi connectivity index (χ0v) is 17.5. The Bertz CT molecular complexity index is 1120. The number of nitrogens with one attached hydrogen (secondary N) is 1. The lowest BCUT2D eigenvalue weighted by molar-refractivity contribution is 0.473. The third-order valence-electron chi connectivity index (χ3n) is 4.99. The Balaban J connectivity index is 1.86. The summed E-state index contributed by atoms with van der Waals surface area (Å²) in [4.78, 5) is 4.89. The quantitative estimate of drug-likeness (QED) is 0.488. The van der Waals surface area contributed by atoms with E-state index in [1.807, 2.05) is 30.3 Å². The maximum Gasteiger partial charge on any atom is 0.124 e. The maximum atomic E-state index is 10.4. The number of benzene rings is 3. The molecule has 0 bridgehead atoms. The molecule has 0 unspecified atom stereocenters. The number of phenols is 1. The molecule has 0 aliphatic carbocycles. The lowest BCUT2D eigenvalue weighted by Gasteiger charge is -2.19. The Labute approximate surface area is 176 Å². The van der Waals surface area contributed by atoms with Crippen molar-refractivity contribution in [3.05, 3.63) is 94.5 Å². The molecule has 4 heteroatoms. The largest absolute Gasteiger partial charge is 0.507 e. The van der Waals surface area contributed by atoms with E-state index in [1.165, 1.54) is 5.56 Å².